The highest BCUT2D eigenvalue weighted by Gasteiger charge is 2.25. The van der Waals surface area contributed by atoms with Crippen molar-refractivity contribution < 1.29 is 4.74 Å². The van der Waals surface area contributed by atoms with E-state index in [4.69, 9.17) is 16.3 Å². The van der Waals surface area contributed by atoms with Crippen molar-refractivity contribution in [2.24, 2.45) is 5.92 Å². The van der Waals surface area contributed by atoms with E-state index in [0.29, 0.717) is 12.0 Å². The Balaban J connectivity index is 2.10. The Hall–Kier alpha value is -0.690. The van der Waals surface area contributed by atoms with Crippen LogP contribution in [0.4, 0.5) is 0 Å². The summed E-state index contributed by atoms with van der Waals surface area (Å²) >= 11 is 6.02. The summed E-state index contributed by atoms with van der Waals surface area (Å²) in [6.07, 6.45) is 6.73. The second-order valence-electron chi connectivity index (χ2n) is 5.02. The van der Waals surface area contributed by atoms with Crippen molar-refractivity contribution in [1.82, 2.24) is 0 Å². The Bertz CT molecular complexity index is 375. The van der Waals surface area contributed by atoms with E-state index in [1.165, 1.54) is 37.7 Å². The summed E-state index contributed by atoms with van der Waals surface area (Å²) in [5, 5.41) is 0.759. The lowest BCUT2D eigenvalue weighted by Crippen LogP contribution is -2.30. The molecule has 2 rings (SSSR count). The zero-order valence-electron chi connectivity index (χ0n) is 10.7. The summed E-state index contributed by atoms with van der Waals surface area (Å²) in [5.41, 5.74) is 1.18. The van der Waals surface area contributed by atoms with Crippen LogP contribution in [0.2, 0.25) is 5.02 Å². The van der Waals surface area contributed by atoms with Crippen molar-refractivity contribution in [2.75, 3.05) is 0 Å². The molecule has 2 heteroatoms. The Morgan fingerprint density at radius 2 is 2.06 bits per heavy atom. The molecule has 1 nitrogen and oxygen atoms in total. The molecule has 1 aliphatic rings. The second kappa shape index (κ2) is 5.77. The Labute approximate surface area is 109 Å². The minimum Gasteiger partial charge on any atom is -0.490 e. The van der Waals surface area contributed by atoms with Gasteiger partial charge in [-0.05, 0) is 56.2 Å². The van der Waals surface area contributed by atoms with Gasteiger partial charge >= 0.3 is 0 Å². The molecule has 1 aromatic carbocycles. The molecule has 17 heavy (non-hydrogen) atoms. The standard InChI is InChI=1S/C15H21ClO/c1-3-12-6-4-5-7-14(12)17-15-10-13(16)9-8-11(15)2/h8-10,12,14H,3-7H2,1-2H3. The van der Waals surface area contributed by atoms with Crippen molar-refractivity contribution in [1.29, 1.82) is 0 Å². The fourth-order valence-electron chi connectivity index (χ4n) is 2.66. The van der Waals surface area contributed by atoms with Crippen molar-refractivity contribution in [3.63, 3.8) is 0 Å². The van der Waals surface area contributed by atoms with Gasteiger partial charge in [-0.2, -0.15) is 0 Å². The van der Waals surface area contributed by atoms with E-state index >= 15 is 0 Å². The van der Waals surface area contributed by atoms with E-state index in [9.17, 15) is 0 Å². The number of hydrogen-bond acceptors (Lipinski definition) is 1. The molecule has 0 spiro atoms. The predicted octanol–water partition coefficient (Wildman–Crippen LogP) is 5.00. The van der Waals surface area contributed by atoms with E-state index in [1.807, 2.05) is 18.2 Å². The highest BCUT2D eigenvalue weighted by molar-refractivity contribution is 6.30. The summed E-state index contributed by atoms with van der Waals surface area (Å²) in [6.45, 7) is 4.34. The molecule has 0 bridgehead atoms. The van der Waals surface area contributed by atoms with Crippen molar-refractivity contribution >= 4 is 11.6 Å². The van der Waals surface area contributed by atoms with E-state index in [1.54, 1.807) is 0 Å². The maximum Gasteiger partial charge on any atom is 0.124 e. The van der Waals surface area contributed by atoms with Gasteiger partial charge in [-0.25, -0.2) is 0 Å². The lowest BCUT2D eigenvalue weighted by molar-refractivity contribution is 0.0897. The normalized spacial score (nSPS) is 24.6. The fourth-order valence-corrected chi connectivity index (χ4v) is 2.82. The molecule has 1 saturated carbocycles. The van der Waals surface area contributed by atoms with Gasteiger partial charge in [0.25, 0.3) is 0 Å². The fraction of sp³-hybridized carbons (Fsp3) is 0.600. The number of rotatable bonds is 3. The lowest BCUT2D eigenvalue weighted by atomic mass is 9.84. The third-order valence-corrected chi connectivity index (χ3v) is 4.03. The van der Waals surface area contributed by atoms with Crippen LogP contribution in [-0.4, -0.2) is 6.10 Å². The van der Waals surface area contributed by atoms with Crippen LogP contribution in [0.1, 0.15) is 44.6 Å². The van der Waals surface area contributed by atoms with Gasteiger partial charge in [-0.15, -0.1) is 0 Å². The van der Waals surface area contributed by atoms with Gasteiger partial charge in [0.1, 0.15) is 11.9 Å². The first-order valence-corrected chi connectivity index (χ1v) is 7.01. The minimum atomic E-state index is 0.380. The van der Waals surface area contributed by atoms with Gasteiger partial charge in [-0.1, -0.05) is 31.0 Å². The van der Waals surface area contributed by atoms with E-state index in [0.717, 1.165) is 10.8 Å². The third-order valence-electron chi connectivity index (χ3n) is 3.79. The maximum absolute atomic E-state index is 6.19. The molecule has 2 unspecified atom stereocenters. The van der Waals surface area contributed by atoms with Crippen LogP contribution < -0.4 is 4.74 Å². The molecule has 0 radical (unpaired) electrons. The van der Waals surface area contributed by atoms with Crippen LogP contribution in [0.25, 0.3) is 0 Å². The second-order valence-corrected chi connectivity index (χ2v) is 5.46. The molecule has 1 fully saturated rings. The first-order chi connectivity index (χ1) is 8.20. The minimum absolute atomic E-state index is 0.380. The molecule has 0 heterocycles. The largest absolute Gasteiger partial charge is 0.490 e. The van der Waals surface area contributed by atoms with Crippen molar-refractivity contribution in [3.05, 3.63) is 28.8 Å². The Morgan fingerprint density at radius 1 is 1.29 bits per heavy atom. The smallest absolute Gasteiger partial charge is 0.124 e. The van der Waals surface area contributed by atoms with Gasteiger partial charge in [-0.3, -0.25) is 0 Å². The van der Waals surface area contributed by atoms with E-state index in [-0.39, 0.29) is 0 Å². The third kappa shape index (κ3) is 3.16. The molecular weight excluding hydrogens is 232 g/mol. The number of benzene rings is 1. The maximum atomic E-state index is 6.19. The van der Waals surface area contributed by atoms with Crippen LogP contribution in [0, 0.1) is 12.8 Å². The van der Waals surface area contributed by atoms with Gasteiger partial charge in [0.15, 0.2) is 0 Å². The summed E-state index contributed by atoms with van der Waals surface area (Å²) in [6, 6.07) is 5.89. The molecule has 2 atom stereocenters. The van der Waals surface area contributed by atoms with Gasteiger partial charge in [0.05, 0.1) is 0 Å². The number of halogens is 1. The zero-order valence-corrected chi connectivity index (χ0v) is 11.5. The molecule has 1 aromatic rings. The van der Waals surface area contributed by atoms with E-state index < -0.39 is 0 Å². The monoisotopic (exact) mass is 252 g/mol. The molecular formula is C15H21ClO. The van der Waals surface area contributed by atoms with Gasteiger partial charge in [0.2, 0.25) is 0 Å². The molecule has 94 valence electrons. The molecule has 0 N–H and O–H groups in total. The average molecular weight is 253 g/mol. The highest BCUT2D eigenvalue weighted by Crippen LogP contribution is 2.32. The quantitative estimate of drug-likeness (QED) is 0.736. The van der Waals surface area contributed by atoms with Gasteiger partial charge in [0, 0.05) is 5.02 Å². The summed E-state index contributed by atoms with van der Waals surface area (Å²) in [4.78, 5) is 0. The Morgan fingerprint density at radius 3 is 2.82 bits per heavy atom. The number of hydrogen-bond donors (Lipinski definition) is 0. The number of ether oxygens (including phenoxy) is 1. The van der Waals surface area contributed by atoms with E-state index in [2.05, 4.69) is 13.8 Å². The van der Waals surface area contributed by atoms with Crippen molar-refractivity contribution in [3.8, 4) is 5.75 Å². The summed E-state index contributed by atoms with van der Waals surface area (Å²) < 4.78 is 6.19. The molecule has 0 aromatic heterocycles. The summed E-state index contributed by atoms with van der Waals surface area (Å²) in [7, 11) is 0. The zero-order chi connectivity index (χ0) is 12.3. The Kier molecular flexibility index (Phi) is 4.33. The van der Waals surface area contributed by atoms with Crippen LogP contribution in [0.3, 0.4) is 0 Å². The predicted molar refractivity (Wildman–Crippen MR) is 72.9 cm³/mol. The van der Waals surface area contributed by atoms with Gasteiger partial charge < -0.3 is 4.74 Å². The van der Waals surface area contributed by atoms with Crippen molar-refractivity contribution in [2.45, 2.75) is 52.1 Å². The average Bonchev–Trinajstić information content (AvgIpc) is 2.34. The SMILES string of the molecule is CCC1CCCCC1Oc1cc(Cl)ccc1C. The number of aryl methyl sites for hydroxylation is 1. The van der Waals surface area contributed by atoms with Crippen LogP contribution >= 0.6 is 11.6 Å². The first-order valence-electron chi connectivity index (χ1n) is 6.63. The molecule has 0 saturated heterocycles. The van der Waals surface area contributed by atoms with Crippen LogP contribution in [0.5, 0.6) is 5.75 Å². The summed E-state index contributed by atoms with van der Waals surface area (Å²) in [5.74, 6) is 1.67. The van der Waals surface area contributed by atoms with Crippen LogP contribution in [-0.2, 0) is 0 Å². The topological polar surface area (TPSA) is 9.23 Å². The highest BCUT2D eigenvalue weighted by atomic mass is 35.5. The molecule has 1 aliphatic carbocycles. The first kappa shape index (κ1) is 12.8. The lowest BCUT2D eigenvalue weighted by Gasteiger charge is -2.31. The van der Waals surface area contributed by atoms with Crippen LogP contribution in [0.15, 0.2) is 18.2 Å². The molecule has 0 aliphatic heterocycles. The molecule has 0 amide bonds.